The van der Waals surface area contributed by atoms with Crippen molar-refractivity contribution < 1.29 is 10.2 Å². The molecule has 1 saturated carbocycles. The molecule has 0 atom stereocenters. The lowest BCUT2D eigenvalue weighted by atomic mass is 9.85. The summed E-state index contributed by atoms with van der Waals surface area (Å²) in [4.78, 5) is 0. The molecule has 10 heavy (non-hydrogen) atoms. The number of alkyl halides is 1. The molecule has 0 unspecified atom stereocenters. The fraction of sp³-hybridized carbons (Fsp3) is 1.00. The molecule has 2 N–H and O–H groups in total. The average Bonchev–Trinajstić information content (AvgIpc) is 1.79. The first-order valence-electron chi connectivity index (χ1n) is 3.55. The van der Waals surface area contributed by atoms with E-state index in [1.807, 2.05) is 6.92 Å². The van der Waals surface area contributed by atoms with Crippen molar-refractivity contribution in [3.63, 3.8) is 0 Å². The monoisotopic (exact) mass is 256 g/mol. The summed E-state index contributed by atoms with van der Waals surface area (Å²) in [5.74, 6) is 0. The van der Waals surface area contributed by atoms with Gasteiger partial charge < -0.3 is 10.2 Å². The van der Waals surface area contributed by atoms with E-state index in [0.717, 1.165) is 0 Å². The van der Waals surface area contributed by atoms with E-state index in [0.29, 0.717) is 25.7 Å². The lowest BCUT2D eigenvalue weighted by Gasteiger charge is -2.35. The Balaban J connectivity index is 2.46. The van der Waals surface area contributed by atoms with Gasteiger partial charge in [-0.05, 0) is 55.2 Å². The van der Waals surface area contributed by atoms with Crippen LogP contribution in [-0.4, -0.2) is 19.4 Å². The summed E-state index contributed by atoms with van der Waals surface area (Å²) in [5, 5.41) is 19.0. The lowest BCUT2D eigenvalue weighted by molar-refractivity contribution is -0.0235. The molecule has 3 heteroatoms. The smallest absolute Gasteiger partial charge is 0.116 e. The van der Waals surface area contributed by atoms with E-state index in [1.165, 1.54) is 0 Å². The molecule has 1 aliphatic rings. The van der Waals surface area contributed by atoms with E-state index in [2.05, 4.69) is 22.6 Å². The van der Waals surface area contributed by atoms with Gasteiger partial charge in [-0.25, -0.2) is 0 Å². The predicted octanol–water partition coefficient (Wildman–Crippen LogP) is 1.44. The van der Waals surface area contributed by atoms with Gasteiger partial charge in [0, 0.05) is 0 Å². The van der Waals surface area contributed by atoms with Gasteiger partial charge in [-0.1, -0.05) is 0 Å². The van der Waals surface area contributed by atoms with Crippen molar-refractivity contribution in [2.75, 3.05) is 0 Å². The van der Waals surface area contributed by atoms with Crippen LogP contribution in [0.4, 0.5) is 0 Å². The minimum atomic E-state index is -0.556. The zero-order valence-electron chi connectivity index (χ0n) is 6.10. The third-order valence-corrected chi connectivity index (χ3v) is 3.17. The van der Waals surface area contributed by atoms with E-state index < -0.39 is 9.21 Å². The summed E-state index contributed by atoms with van der Waals surface area (Å²) in [6.07, 6.45) is 2.85. The normalized spacial score (nSPS) is 49.2. The van der Waals surface area contributed by atoms with Crippen molar-refractivity contribution in [1.29, 1.82) is 0 Å². The van der Waals surface area contributed by atoms with E-state index in [4.69, 9.17) is 0 Å². The highest BCUT2D eigenvalue weighted by Gasteiger charge is 2.35. The molecule has 0 aromatic carbocycles. The van der Waals surface area contributed by atoms with E-state index in [1.54, 1.807) is 0 Å². The van der Waals surface area contributed by atoms with Gasteiger partial charge >= 0.3 is 0 Å². The quantitative estimate of drug-likeness (QED) is 0.508. The third kappa shape index (κ3) is 2.36. The fourth-order valence-corrected chi connectivity index (χ4v) is 1.71. The second-order valence-electron chi connectivity index (χ2n) is 3.41. The summed E-state index contributed by atoms with van der Waals surface area (Å²) in [6.45, 7) is 1.83. The maximum absolute atomic E-state index is 9.49. The van der Waals surface area contributed by atoms with Crippen molar-refractivity contribution >= 4 is 22.6 Å². The maximum atomic E-state index is 9.49. The minimum Gasteiger partial charge on any atom is -0.390 e. The maximum Gasteiger partial charge on any atom is 0.116 e. The Bertz CT molecular complexity index is 104. The van der Waals surface area contributed by atoms with Crippen LogP contribution in [0.1, 0.15) is 32.6 Å². The molecule has 0 aliphatic heterocycles. The van der Waals surface area contributed by atoms with Gasteiger partial charge in [0.2, 0.25) is 0 Å². The number of rotatable bonds is 0. The molecule has 2 nitrogen and oxygen atoms in total. The van der Waals surface area contributed by atoms with Gasteiger partial charge in [0.25, 0.3) is 0 Å². The van der Waals surface area contributed by atoms with Crippen LogP contribution in [0.5, 0.6) is 0 Å². The van der Waals surface area contributed by atoms with Crippen LogP contribution in [0, 0.1) is 0 Å². The second kappa shape index (κ2) is 2.60. The second-order valence-corrected chi connectivity index (χ2v) is 5.42. The van der Waals surface area contributed by atoms with Crippen molar-refractivity contribution in [1.82, 2.24) is 0 Å². The minimum absolute atomic E-state index is 0.530. The van der Waals surface area contributed by atoms with E-state index >= 15 is 0 Å². The summed E-state index contributed by atoms with van der Waals surface area (Å²) >= 11 is 2.05. The highest BCUT2D eigenvalue weighted by Crippen LogP contribution is 2.38. The Morgan fingerprint density at radius 2 is 1.50 bits per heavy atom. The molecule has 60 valence electrons. The van der Waals surface area contributed by atoms with Gasteiger partial charge in [-0.2, -0.15) is 0 Å². The molecule has 1 aliphatic carbocycles. The Labute approximate surface area is 74.8 Å². The van der Waals surface area contributed by atoms with Crippen LogP contribution < -0.4 is 0 Å². The molecule has 0 amide bonds. The van der Waals surface area contributed by atoms with Crippen molar-refractivity contribution in [3.05, 3.63) is 0 Å². The SMILES string of the molecule is C[C@]1(O)CC[C@@](O)(I)CC1. The largest absolute Gasteiger partial charge is 0.390 e. The van der Waals surface area contributed by atoms with Crippen LogP contribution >= 0.6 is 22.6 Å². The number of hydrogen-bond donors (Lipinski definition) is 2. The summed E-state index contributed by atoms with van der Waals surface area (Å²) in [6, 6.07) is 0. The van der Waals surface area contributed by atoms with Gasteiger partial charge in [-0.15, -0.1) is 0 Å². The Morgan fingerprint density at radius 3 is 1.80 bits per heavy atom. The molecule has 0 bridgehead atoms. The predicted molar refractivity (Wildman–Crippen MR) is 48.1 cm³/mol. The summed E-state index contributed by atoms with van der Waals surface area (Å²) < 4.78 is -0.556. The Morgan fingerprint density at radius 1 is 1.10 bits per heavy atom. The standard InChI is InChI=1S/C7H13IO2/c1-6(9)2-4-7(8,10)5-3-6/h9-10H,2-5H2,1H3/t6-,7-. The van der Waals surface area contributed by atoms with Crippen LogP contribution in [0.25, 0.3) is 0 Å². The third-order valence-electron chi connectivity index (χ3n) is 2.09. The topological polar surface area (TPSA) is 40.5 Å². The van der Waals surface area contributed by atoms with E-state index in [9.17, 15) is 10.2 Å². The number of halogens is 1. The highest BCUT2D eigenvalue weighted by atomic mass is 127. The number of aliphatic hydroxyl groups is 2. The van der Waals surface area contributed by atoms with E-state index in [-0.39, 0.29) is 0 Å². The molecule has 1 fully saturated rings. The molecular weight excluding hydrogens is 243 g/mol. The molecule has 0 radical (unpaired) electrons. The molecule has 0 heterocycles. The van der Waals surface area contributed by atoms with Gasteiger partial charge in [0.05, 0.1) is 5.60 Å². The molecule has 0 saturated heterocycles. The number of hydrogen-bond acceptors (Lipinski definition) is 2. The molecule has 1 rings (SSSR count). The van der Waals surface area contributed by atoms with Gasteiger partial charge in [0.15, 0.2) is 0 Å². The average molecular weight is 256 g/mol. The highest BCUT2D eigenvalue weighted by molar-refractivity contribution is 14.1. The first-order chi connectivity index (χ1) is 4.41. The van der Waals surface area contributed by atoms with Crippen molar-refractivity contribution in [2.24, 2.45) is 0 Å². The Kier molecular flexibility index (Phi) is 2.28. The summed E-state index contributed by atoms with van der Waals surface area (Å²) in [5.41, 5.74) is -0.530. The zero-order valence-corrected chi connectivity index (χ0v) is 8.26. The van der Waals surface area contributed by atoms with Crippen LogP contribution in [0.15, 0.2) is 0 Å². The van der Waals surface area contributed by atoms with Gasteiger partial charge in [0.1, 0.15) is 3.61 Å². The first kappa shape index (κ1) is 8.74. The van der Waals surface area contributed by atoms with Crippen LogP contribution in [-0.2, 0) is 0 Å². The lowest BCUT2D eigenvalue weighted by Crippen LogP contribution is -2.37. The molecule has 0 aromatic rings. The fourth-order valence-electron chi connectivity index (χ4n) is 1.17. The van der Waals surface area contributed by atoms with Crippen molar-refractivity contribution in [2.45, 2.75) is 41.8 Å². The zero-order chi connectivity index (χ0) is 7.83. The first-order valence-corrected chi connectivity index (χ1v) is 4.63. The Hall–Kier alpha value is 0.650. The molecular formula is C7H13IO2. The van der Waals surface area contributed by atoms with Crippen LogP contribution in [0.3, 0.4) is 0 Å². The molecule has 0 aromatic heterocycles. The molecule has 0 spiro atoms. The van der Waals surface area contributed by atoms with Gasteiger partial charge in [-0.3, -0.25) is 0 Å². The van der Waals surface area contributed by atoms with Crippen LogP contribution in [0.2, 0.25) is 0 Å². The van der Waals surface area contributed by atoms with Crippen molar-refractivity contribution in [3.8, 4) is 0 Å². The summed E-state index contributed by atoms with van der Waals surface area (Å²) in [7, 11) is 0.